The summed E-state index contributed by atoms with van der Waals surface area (Å²) >= 11 is 0. The second-order valence-electron chi connectivity index (χ2n) is 6.05. The van der Waals surface area contributed by atoms with Crippen LogP contribution in [0.4, 0.5) is 0 Å². The monoisotopic (exact) mass is 392 g/mol. The smallest absolute Gasteiger partial charge is 0.338 e. The van der Waals surface area contributed by atoms with Crippen molar-refractivity contribution in [2.75, 3.05) is 6.61 Å². The second kappa shape index (κ2) is 9.48. The van der Waals surface area contributed by atoms with E-state index in [0.29, 0.717) is 34.8 Å². The number of aliphatic hydroxyl groups is 1. The molecule has 29 heavy (non-hydrogen) atoms. The van der Waals surface area contributed by atoms with E-state index in [0.717, 1.165) is 0 Å². The number of ether oxygens (including phenoxy) is 1. The molecule has 0 aliphatic heterocycles. The molecule has 7 heteroatoms. The Bertz CT molecular complexity index is 1010. The predicted octanol–water partition coefficient (Wildman–Crippen LogP) is 3.31. The first-order valence-electron chi connectivity index (χ1n) is 9.02. The number of esters is 1. The third-order valence-corrected chi connectivity index (χ3v) is 4.02. The molecule has 0 aliphatic rings. The first-order chi connectivity index (χ1) is 14.1. The summed E-state index contributed by atoms with van der Waals surface area (Å²) in [6.45, 7) is 2.05. The minimum Gasteiger partial charge on any atom is -0.462 e. The lowest BCUT2D eigenvalue weighted by Crippen LogP contribution is -2.25. The summed E-state index contributed by atoms with van der Waals surface area (Å²) in [6, 6.07) is 18.9. The molecule has 0 saturated heterocycles. The molecule has 0 spiro atoms. The maximum Gasteiger partial charge on any atom is 0.338 e. The average Bonchev–Trinajstić information content (AvgIpc) is 3.23. The quantitative estimate of drug-likeness (QED) is 0.365. The van der Waals surface area contributed by atoms with Crippen molar-refractivity contribution < 1.29 is 23.8 Å². The summed E-state index contributed by atoms with van der Waals surface area (Å²) in [4.78, 5) is 23.8. The van der Waals surface area contributed by atoms with Gasteiger partial charge in [-0.2, -0.15) is 5.10 Å². The summed E-state index contributed by atoms with van der Waals surface area (Å²) in [5.74, 6) is -0.118. The van der Waals surface area contributed by atoms with Gasteiger partial charge in [0.2, 0.25) is 0 Å². The van der Waals surface area contributed by atoms with Crippen molar-refractivity contribution in [2.24, 2.45) is 5.10 Å². The van der Waals surface area contributed by atoms with Crippen LogP contribution in [0.25, 0.3) is 11.3 Å². The number of nitrogens with zero attached hydrogens (tertiary/aromatic N) is 1. The Hall–Kier alpha value is -3.71. The Balaban J connectivity index is 1.64. The van der Waals surface area contributed by atoms with Gasteiger partial charge in [-0.15, -0.1) is 0 Å². The van der Waals surface area contributed by atoms with Gasteiger partial charge in [-0.25, -0.2) is 10.2 Å². The van der Waals surface area contributed by atoms with Crippen molar-refractivity contribution >= 4 is 18.1 Å². The van der Waals surface area contributed by atoms with Gasteiger partial charge in [0.1, 0.15) is 11.5 Å². The molecule has 2 N–H and O–H groups in total. The third kappa shape index (κ3) is 5.18. The first kappa shape index (κ1) is 20.0. The van der Waals surface area contributed by atoms with Crippen LogP contribution in [0.1, 0.15) is 34.7 Å². The van der Waals surface area contributed by atoms with E-state index in [9.17, 15) is 14.7 Å². The Labute approximate surface area is 167 Å². The topological polar surface area (TPSA) is 101 Å². The first-order valence-corrected chi connectivity index (χ1v) is 9.02. The molecular weight excluding hydrogens is 372 g/mol. The summed E-state index contributed by atoms with van der Waals surface area (Å²) in [5.41, 5.74) is 3.89. The minimum atomic E-state index is -1.31. The maximum atomic E-state index is 12.0. The van der Waals surface area contributed by atoms with Crippen molar-refractivity contribution in [3.05, 3.63) is 83.6 Å². The Kier molecular flexibility index (Phi) is 6.55. The molecule has 1 amide bonds. The SMILES string of the molecule is CCOC(=O)c1cccc(-c2ccc(/C=N\NC(=O)[C@H](O)c3ccccc3)o2)c1. The number of carbonyl (C=O) groups excluding carboxylic acids is 2. The van der Waals surface area contributed by atoms with E-state index in [2.05, 4.69) is 10.5 Å². The molecule has 7 nitrogen and oxygen atoms in total. The van der Waals surface area contributed by atoms with Crippen LogP contribution >= 0.6 is 0 Å². The normalized spacial score (nSPS) is 11.9. The van der Waals surface area contributed by atoms with Crippen LogP contribution < -0.4 is 5.43 Å². The van der Waals surface area contributed by atoms with Crippen LogP contribution in [-0.2, 0) is 9.53 Å². The predicted molar refractivity (Wildman–Crippen MR) is 107 cm³/mol. The van der Waals surface area contributed by atoms with Gasteiger partial charge in [0.15, 0.2) is 6.10 Å². The van der Waals surface area contributed by atoms with Gasteiger partial charge in [-0.05, 0) is 36.8 Å². The fraction of sp³-hybridized carbons (Fsp3) is 0.136. The Morgan fingerprint density at radius 1 is 1.14 bits per heavy atom. The van der Waals surface area contributed by atoms with Gasteiger partial charge < -0.3 is 14.3 Å². The zero-order valence-corrected chi connectivity index (χ0v) is 15.7. The minimum absolute atomic E-state index is 0.301. The van der Waals surface area contributed by atoms with Crippen molar-refractivity contribution in [3.8, 4) is 11.3 Å². The van der Waals surface area contributed by atoms with Gasteiger partial charge in [0, 0.05) is 5.56 Å². The van der Waals surface area contributed by atoms with E-state index in [4.69, 9.17) is 9.15 Å². The largest absolute Gasteiger partial charge is 0.462 e. The number of nitrogens with one attached hydrogen (secondary N) is 1. The van der Waals surface area contributed by atoms with Crippen LogP contribution in [0, 0.1) is 0 Å². The van der Waals surface area contributed by atoms with Crippen LogP contribution in [0.15, 0.2) is 76.2 Å². The fourth-order valence-corrected chi connectivity index (χ4v) is 2.60. The van der Waals surface area contributed by atoms with E-state index in [-0.39, 0.29) is 0 Å². The van der Waals surface area contributed by atoms with Gasteiger partial charge in [0.05, 0.1) is 18.4 Å². The third-order valence-electron chi connectivity index (χ3n) is 4.02. The molecule has 1 heterocycles. The van der Waals surface area contributed by atoms with Crippen LogP contribution in [-0.4, -0.2) is 29.8 Å². The molecular formula is C22H20N2O5. The van der Waals surface area contributed by atoms with Gasteiger partial charge in [0.25, 0.3) is 5.91 Å². The molecule has 0 fully saturated rings. The number of hydrogen-bond acceptors (Lipinski definition) is 6. The molecule has 1 aromatic heterocycles. The maximum absolute atomic E-state index is 12.0. The summed E-state index contributed by atoms with van der Waals surface area (Å²) in [7, 11) is 0. The number of amides is 1. The van der Waals surface area contributed by atoms with Gasteiger partial charge in [-0.3, -0.25) is 4.79 Å². The number of aliphatic hydroxyl groups excluding tert-OH is 1. The highest BCUT2D eigenvalue weighted by molar-refractivity contribution is 5.91. The molecule has 0 radical (unpaired) electrons. The molecule has 0 saturated carbocycles. The van der Waals surface area contributed by atoms with Crippen LogP contribution in [0.2, 0.25) is 0 Å². The number of benzene rings is 2. The van der Waals surface area contributed by atoms with Crippen LogP contribution in [0.5, 0.6) is 0 Å². The average molecular weight is 392 g/mol. The van der Waals surface area contributed by atoms with Crippen molar-refractivity contribution in [2.45, 2.75) is 13.0 Å². The molecule has 3 aromatic rings. The molecule has 2 aromatic carbocycles. The lowest BCUT2D eigenvalue weighted by atomic mass is 10.1. The fourth-order valence-electron chi connectivity index (χ4n) is 2.60. The number of hydrazone groups is 1. The molecule has 148 valence electrons. The van der Waals surface area contributed by atoms with Gasteiger partial charge >= 0.3 is 5.97 Å². The van der Waals surface area contributed by atoms with Crippen LogP contribution in [0.3, 0.4) is 0 Å². The van der Waals surface area contributed by atoms with E-state index in [1.807, 2.05) is 0 Å². The van der Waals surface area contributed by atoms with Crippen molar-refractivity contribution in [1.29, 1.82) is 0 Å². The standard InChI is InChI=1S/C22H20N2O5/c1-2-28-22(27)17-10-6-9-16(13-17)19-12-11-18(29-19)14-23-24-21(26)20(25)15-7-4-3-5-8-15/h3-14,20,25H,2H2,1H3,(H,24,26)/b23-14-/t20-/m1/s1. The van der Waals surface area contributed by atoms with E-state index in [1.54, 1.807) is 73.7 Å². The summed E-state index contributed by atoms with van der Waals surface area (Å²) in [6.07, 6.45) is 0.0139. The molecule has 1 atom stereocenters. The Morgan fingerprint density at radius 3 is 2.69 bits per heavy atom. The number of carbonyl (C=O) groups is 2. The molecule has 0 bridgehead atoms. The number of furan rings is 1. The van der Waals surface area contributed by atoms with Gasteiger partial charge in [-0.1, -0.05) is 42.5 Å². The molecule has 3 rings (SSSR count). The zero-order chi connectivity index (χ0) is 20.6. The van der Waals surface area contributed by atoms with Crippen molar-refractivity contribution in [3.63, 3.8) is 0 Å². The number of rotatable bonds is 7. The summed E-state index contributed by atoms with van der Waals surface area (Å²) in [5, 5.41) is 13.8. The Morgan fingerprint density at radius 2 is 1.93 bits per heavy atom. The lowest BCUT2D eigenvalue weighted by molar-refractivity contribution is -0.129. The highest BCUT2D eigenvalue weighted by Crippen LogP contribution is 2.23. The van der Waals surface area contributed by atoms with Crippen molar-refractivity contribution in [1.82, 2.24) is 5.43 Å². The lowest BCUT2D eigenvalue weighted by Gasteiger charge is -2.08. The zero-order valence-electron chi connectivity index (χ0n) is 15.7. The highest BCUT2D eigenvalue weighted by Gasteiger charge is 2.16. The second-order valence-corrected chi connectivity index (χ2v) is 6.05. The molecule has 0 aliphatic carbocycles. The summed E-state index contributed by atoms with van der Waals surface area (Å²) < 4.78 is 10.7. The number of hydrogen-bond donors (Lipinski definition) is 2. The van der Waals surface area contributed by atoms with E-state index >= 15 is 0 Å². The molecule has 0 unspecified atom stereocenters. The van der Waals surface area contributed by atoms with E-state index < -0.39 is 18.0 Å². The highest BCUT2D eigenvalue weighted by atomic mass is 16.5. The van der Waals surface area contributed by atoms with E-state index in [1.165, 1.54) is 6.21 Å².